The Morgan fingerprint density at radius 2 is 1.96 bits per heavy atom. The quantitative estimate of drug-likeness (QED) is 0.658. The Balaban J connectivity index is 1.90. The Morgan fingerprint density at radius 3 is 2.58 bits per heavy atom. The van der Waals surface area contributed by atoms with Gasteiger partial charge in [0.15, 0.2) is 0 Å². The SMILES string of the molecule is Cc1noc(C)c1CC(=O)N[C@H](c1ccccc1)c1ccc(Br)cc1F. The normalized spacial score (nSPS) is 12.0. The first kappa shape index (κ1) is 18.3. The van der Waals surface area contributed by atoms with Gasteiger partial charge in [0.2, 0.25) is 5.91 Å². The van der Waals surface area contributed by atoms with Crippen LogP contribution in [0.5, 0.6) is 0 Å². The van der Waals surface area contributed by atoms with Crippen LogP contribution in [0.25, 0.3) is 0 Å². The molecule has 0 saturated carbocycles. The number of hydrogen-bond acceptors (Lipinski definition) is 3. The lowest BCUT2D eigenvalue weighted by Gasteiger charge is -2.20. The zero-order valence-electron chi connectivity index (χ0n) is 14.4. The number of rotatable bonds is 5. The summed E-state index contributed by atoms with van der Waals surface area (Å²) in [5.74, 6) is 0.00479. The second kappa shape index (κ2) is 7.83. The van der Waals surface area contributed by atoms with Crippen molar-refractivity contribution in [1.29, 1.82) is 0 Å². The van der Waals surface area contributed by atoms with Gasteiger partial charge in [-0.3, -0.25) is 4.79 Å². The van der Waals surface area contributed by atoms with E-state index in [0.717, 1.165) is 11.1 Å². The number of amides is 1. The van der Waals surface area contributed by atoms with Crippen molar-refractivity contribution < 1.29 is 13.7 Å². The summed E-state index contributed by atoms with van der Waals surface area (Å²) in [6.07, 6.45) is 0.128. The van der Waals surface area contributed by atoms with Gasteiger partial charge in [0.1, 0.15) is 11.6 Å². The van der Waals surface area contributed by atoms with Crippen molar-refractivity contribution in [1.82, 2.24) is 10.5 Å². The van der Waals surface area contributed by atoms with Crippen molar-refractivity contribution in [2.24, 2.45) is 0 Å². The molecular formula is C20H18BrFN2O2. The van der Waals surface area contributed by atoms with E-state index in [0.29, 0.717) is 21.5 Å². The zero-order chi connectivity index (χ0) is 18.7. The Morgan fingerprint density at radius 1 is 1.23 bits per heavy atom. The summed E-state index contributed by atoms with van der Waals surface area (Å²) in [4.78, 5) is 12.6. The van der Waals surface area contributed by atoms with Crippen LogP contribution in [-0.2, 0) is 11.2 Å². The van der Waals surface area contributed by atoms with Gasteiger partial charge in [-0.25, -0.2) is 4.39 Å². The number of aryl methyl sites for hydroxylation is 2. The number of nitrogens with zero attached hydrogens (tertiary/aromatic N) is 1. The molecule has 3 rings (SSSR count). The zero-order valence-corrected chi connectivity index (χ0v) is 16.0. The summed E-state index contributed by atoms with van der Waals surface area (Å²) in [7, 11) is 0. The van der Waals surface area contributed by atoms with Crippen LogP contribution in [0.2, 0.25) is 0 Å². The molecule has 0 fully saturated rings. The van der Waals surface area contributed by atoms with Gasteiger partial charge in [0.25, 0.3) is 0 Å². The largest absolute Gasteiger partial charge is 0.361 e. The molecule has 0 saturated heterocycles. The van der Waals surface area contributed by atoms with Crippen LogP contribution in [0.4, 0.5) is 4.39 Å². The first-order chi connectivity index (χ1) is 12.5. The Labute approximate surface area is 159 Å². The second-order valence-corrected chi connectivity index (χ2v) is 6.97. The third-order valence-corrected chi connectivity index (χ3v) is 4.72. The number of carbonyl (C=O) groups is 1. The molecule has 1 amide bonds. The van der Waals surface area contributed by atoms with Crippen molar-refractivity contribution in [3.05, 3.63) is 87.0 Å². The molecule has 3 aromatic rings. The maximum Gasteiger partial charge on any atom is 0.225 e. The monoisotopic (exact) mass is 416 g/mol. The van der Waals surface area contributed by atoms with Crippen LogP contribution >= 0.6 is 15.9 Å². The first-order valence-corrected chi connectivity index (χ1v) is 8.96. The van der Waals surface area contributed by atoms with Gasteiger partial charge < -0.3 is 9.84 Å². The highest BCUT2D eigenvalue weighted by molar-refractivity contribution is 9.10. The van der Waals surface area contributed by atoms with Gasteiger partial charge in [0, 0.05) is 15.6 Å². The first-order valence-electron chi connectivity index (χ1n) is 8.16. The Kier molecular flexibility index (Phi) is 5.52. The third-order valence-electron chi connectivity index (χ3n) is 4.23. The minimum atomic E-state index is -0.586. The van der Waals surface area contributed by atoms with Gasteiger partial charge in [-0.15, -0.1) is 0 Å². The molecule has 0 spiro atoms. The highest BCUT2D eigenvalue weighted by Crippen LogP contribution is 2.27. The summed E-state index contributed by atoms with van der Waals surface area (Å²) in [5.41, 5.74) is 2.65. The van der Waals surface area contributed by atoms with E-state index in [4.69, 9.17) is 4.52 Å². The van der Waals surface area contributed by atoms with Crippen LogP contribution in [0, 0.1) is 19.7 Å². The van der Waals surface area contributed by atoms with Gasteiger partial charge in [-0.2, -0.15) is 0 Å². The summed E-state index contributed by atoms with van der Waals surface area (Å²) in [6, 6.07) is 13.6. The van der Waals surface area contributed by atoms with Gasteiger partial charge in [-0.1, -0.05) is 57.5 Å². The lowest BCUT2D eigenvalue weighted by molar-refractivity contribution is -0.121. The molecule has 26 heavy (non-hydrogen) atoms. The number of nitrogens with one attached hydrogen (secondary N) is 1. The fraction of sp³-hybridized carbons (Fsp3) is 0.200. The standard InChI is InChI=1S/C20H18BrFN2O2/c1-12-17(13(2)26-24-12)11-19(25)23-20(14-6-4-3-5-7-14)16-9-8-15(21)10-18(16)22/h3-10,20H,11H2,1-2H3,(H,23,25)/t20-/m1/s1. The molecule has 0 bridgehead atoms. The maximum absolute atomic E-state index is 14.5. The van der Waals surface area contributed by atoms with E-state index in [9.17, 15) is 9.18 Å². The van der Waals surface area contributed by atoms with E-state index in [1.807, 2.05) is 30.3 Å². The molecule has 4 nitrogen and oxygen atoms in total. The molecular weight excluding hydrogens is 399 g/mol. The molecule has 134 valence electrons. The summed E-state index contributed by atoms with van der Waals surface area (Å²) < 4.78 is 20.3. The van der Waals surface area contributed by atoms with E-state index in [-0.39, 0.29) is 18.1 Å². The fourth-order valence-corrected chi connectivity index (χ4v) is 3.18. The third kappa shape index (κ3) is 4.02. The molecule has 0 radical (unpaired) electrons. The second-order valence-electron chi connectivity index (χ2n) is 6.06. The topological polar surface area (TPSA) is 55.1 Å². The van der Waals surface area contributed by atoms with Crippen molar-refractivity contribution in [3.8, 4) is 0 Å². The van der Waals surface area contributed by atoms with Gasteiger partial charge in [-0.05, 0) is 31.5 Å². The molecule has 0 aliphatic rings. The Hall–Kier alpha value is -2.47. The lowest BCUT2D eigenvalue weighted by Crippen LogP contribution is -2.31. The van der Waals surface area contributed by atoms with Crippen LogP contribution in [0.3, 0.4) is 0 Å². The van der Waals surface area contributed by atoms with Crippen molar-refractivity contribution >= 4 is 21.8 Å². The number of carbonyl (C=O) groups excluding carboxylic acids is 1. The fourth-order valence-electron chi connectivity index (χ4n) is 2.85. The van der Waals surface area contributed by atoms with Crippen LogP contribution in [0.1, 0.15) is 34.2 Å². The van der Waals surface area contributed by atoms with E-state index < -0.39 is 6.04 Å². The van der Waals surface area contributed by atoms with E-state index in [2.05, 4.69) is 26.4 Å². The number of aromatic nitrogens is 1. The lowest BCUT2D eigenvalue weighted by atomic mass is 9.97. The molecule has 1 atom stereocenters. The molecule has 2 aromatic carbocycles. The van der Waals surface area contributed by atoms with Crippen LogP contribution in [-0.4, -0.2) is 11.1 Å². The summed E-state index contributed by atoms with van der Waals surface area (Å²) in [5, 5.41) is 6.81. The molecule has 6 heteroatoms. The average Bonchev–Trinajstić information content (AvgIpc) is 2.93. The Bertz CT molecular complexity index is 905. The van der Waals surface area contributed by atoms with Crippen molar-refractivity contribution in [2.75, 3.05) is 0 Å². The summed E-state index contributed by atoms with van der Waals surface area (Å²) >= 11 is 3.26. The number of halogens is 2. The predicted octanol–water partition coefficient (Wildman–Crippen LogP) is 4.64. The molecule has 1 heterocycles. The van der Waals surface area contributed by atoms with Gasteiger partial charge >= 0.3 is 0 Å². The minimum absolute atomic E-state index is 0.128. The van der Waals surface area contributed by atoms with Gasteiger partial charge in [0.05, 0.1) is 18.2 Å². The molecule has 0 aliphatic carbocycles. The van der Waals surface area contributed by atoms with E-state index in [1.54, 1.807) is 26.0 Å². The van der Waals surface area contributed by atoms with E-state index in [1.165, 1.54) is 6.07 Å². The highest BCUT2D eigenvalue weighted by Gasteiger charge is 2.22. The number of hydrogen-bond donors (Lipinski definition) is 1. The van der Waals surface area contributed by atoms with Crippen LogP contribution in [0.15, 0.2) is 57.5 Å². The summed E-state index contributed by atoms with van der Waals surface area (Å²) in [6.45, 7) is 3.56. The van der Waals surface area contributed by atoms with Crippen molar-refractivity contribution in [2.45, 2.75) is 26.3 Å². The minimum Gasteiger partial charge on any atom is -0.361 e. The molecule has 0 aliphatic heterocycles. The van der Waals surface area contributed by atoms with E-state index >= 15 is 0 Å². The predicted molar refractivity (Wildman–Crippen MR) is 100 cm³/mol. The average molecular weight is 417 g/mol. The highest BCUT2D eigenvalue weighted by atomic mass is 79.9. The molecule has 0 unspecified atom stereocenters. The van der Waals surface area contributed by atoms with Crippen LogP contribution < -0.4 is 5.32 Å². The van der Waals surface area contributed by atoms with Crippen molar-refractivity contribution in [3.63, 3.8) is 0 Å². The smallest absolute Gasteiger partial charge is 0.225 e. The maximum atomic E-state index is 14.5. The number of benzene rings is 2. The molecule has 1 N–H and O–H groups in total. The molecule has 1 aromatic heterocycles.